The van der Waals surface area contributed by atoms with Crippen LogP contribution >= 0.6 is 11.3 Å². The van der Waals surface area contributed by atoms with Gasteiger partial charge in [0.15, 0.2) is 5.13 Å². The van der Waals surface area contributed by atoms with E-state index in [4.69, 9.17) is 0 Å². The third-order valence-corrected chi connectivity index (χ3v) is 4.01. The summed E-state index contributed by atoms with van der Waals surface area (Å²) in [6.07, 6.45) is 2.95. The van der Waals surface area contributed by atoms with Crippen LogP contribution in [0, 0.1) is 0 Å². The van der Waals surface area contributed by atoms with E-state index in [1.165, 1.54) is 0 Å². The minimum absolute atomic E-state index is 0.105. The van der Waals surface area contributed by atoms with Crippen LogP contribution in [0.3, 0.4) is 0 Å². The first-order valence-corrected chi connectivity index (χ1v) is 7.05. The van der Waals surface area contributed by atoms with E-state index in [9.17, 15) is 4.79 Å². The molecule has 17 heavy (non-hydrogen) atoms. The van der Waals surface area contributed by atoms with Crippen LogP contribution in [0.2, 0.25) is 0 Å². The first kappa shape index (κ1) is 12.5. The molecule has 5 heteroatoms. The monoisotopic (exact) mass is 253 g/mol. The third kappa shape index (κ3) is 2.84. The van der Waals surface area contributed by atoms with Gasteiger partial charge in [-0.15, -0.1) is 11.3 Å². The Morgan fingerprint density at radius 3 is 2.82 bits per heavy atom. The van der Waals surface area contributed by atoms with Crippen molar-refractivity contribution in [2.24, 2.45) is 0 Å². The minimum Gasteiger partial charge on any atom is -0.317 e. The molecule has 2 rings (SSSR count). The molecule has 1 fully saturated rings. The number of carbonyl (C=O) groups is 1. The van der Waals surface area contributed by atoms with Crippen LogP contribution in [-0.4, -0.2) is 30.0 Å². The SMILES string of the molecule is CCc1csc(N(C(C)=O)C2CCNCC2)n1. The summed E-state index contributed by atoms with van der Waals surface area (Å²) >= 11 is 1.58. The Morgan fingerprint density at radius 1 is 1.59 bits per heavy atom. The molecule has 1 saturated heterocycles. The fraction of sp³-hybridized carbons (Fsp3) is 0.667. The molecule has 0 bridgehead atoms. The van der Waals surface area contributed by atoms with Gasteiger partial charge in [0.05, 0.1) is 5.69 Å². The van der Waals surface area contributed by atoms with Crippen LogP contribution < -0.4 is 10.2 Å². The zero-order valence-corrected chi connectivity index (χ0v) is 11.2. The number of hydrogen-bond donors (Lipinski definition) is 1. The molecule has 0 atom stereocenters. The van der Waals surface area contributed by atoms with E-state index in [1.807, 2.05) is 10.3 Å². The fourth-order valence-corrected chi connectivity index (χ4v) is 3.20. The van der Waals surface area contributed by atoms with Crippen molar-refractivity contribution in [2.75, 3.05) is 18.0 Å². The molecule has 1 aromatic heterocycles. The maximum Gasteiger partial charge on any atom is 0.225 e. The smallest absolute Gasteiger partial charge is 0.225 e. The number of aromatic nitrogens is 1. The van der Waals surface area contributed by atoms with E-state index in [-0.39, 0.29) is 5.91 Å². The van der Waals surface area contributed by atoms with Gasteiger partial charge in [-0.2, -0.15) is 0 Å². The van der Waals surface area contributed by atoms with Crippen molar-refractivity contribution in [3.8, 4) is 0 Å². The first-order valence-electron chi connectivity index (χ1n) is 6.17. The summed E-state index contributed by atoms with van der Waals surface area (Å²) < 4.78 is 0. The van der Waals surface area contributed by atoms with Crippen LogP contribution in [0.5, 0.6) is 0 Å². The second-order valence-electron chi connectivity index (χ2n) is 4.35. The molecule has 0 radical (unpaired) electrons. The van der Waals surface area contributed by atoms with Gasteiger partial charge in [0.1, 0.15) is 0 Å². The summed E-state index contributed by atoms with van der Waals surface area (Å²) in [5.74, 6) is 0.105. The molecule has 0 aliphatic carbocycles. The molecule has 2 heterocycles. The number of hydrogen-bond acceptors (Lipinski definition) is 4. The Morgan fingerprint density at radius 2 is 2.29 bits per heavy atom. The van der Waals surface area contributed by atoms with Crippen LogP contribution in [0.4, 0.5) is 5.13 Å². The number of piperidine rings is 1. The highest BCUT2D eigenvalue weighted by molar-refractivity contribution is 7.14. The topological polar surface area (TPSA) is 45.2 Å². The predicted molar refractivity (Wildman–Crippen MR) is 70.5 cm³/mol. The van der Waals surface area contributed by atoms with Crippen LogP contribution in [0.25, 0.3) is 0 Å². The van der Waals surface area contributed by atoms with Gasteiger partial charge < -0.3 is 5.32 Å². The van der Waals surface area contributed by atoms with Gasteiger partial charge in [0.25, 0.3) is 0 Å². The molecule has 4 nitrogen and oxygen atoms in total. The maximum absolute atomic E-state index is 11.8. The highest BCUT2D eigenvalue weighted by Crippen LogP contribution is 2.26. The average Bonchev–Trinajstić information content (AvgIpc) is 2.79. The Bertz CT molecular complexity index is 385. The van der Waals surface area contributed by atoms with E-state index >= 15 is 0 Å². The molecular formula is C12H19N3OS. The summed E-state index contributed by atoms with van der Waals surface area (Å²) in [5.41, 5.74) is 1.07. The maximum atomic E-state index is 11.8. The van der Waals surface area contributed by atoms with Crippen molar-refractivity contribution in [2.45, 2.75) is 39.2 Å². The van der Waals surface area contributed by atoms with Gasteiger partial charge in [-0.25, -0.2) is 4.98 Å². The predicted octanol–water partition coefficient (Wildman–Crippen LogP) is 1.81. The largest absolute Gasteiger partial charge is 0.317 e. The molecule has 1 aliphatic rings. The number of nitrogens with one attached hydrogen (secondary N) is 1. The molecular weight excluding hydrogens is 234 g/mol. The quantitative estimate of drug-likeness (QED) is 0.893. The number of thiazole rings is 1. The van der Waals surface area contributed by atoms with Crippen LogP contribution in [0.15, 0.2) is 5.38 Å². The molecule has 1 amide bonds. The minimum atomic E-state index is 0.105. The average molecular weight is 253 g/mol. The lowest BCUT2D eigenvalue weighted by Crippen LogP contribution is -2.45. The fourth-order valence-electron chi connectivity index (χ4n) is 2.18. The standard InChI is InChI=1S/C12H19N3OS/c1-3-10-8-17-12(14-10)15(9(2)16)11-4-6-13-7-5-11/h8,11,13H,3-7H2,1-2H3. The van der Waals surface area contributed by atoms with Gasteiger partial charge in [-0.3, -0.25) is 9.69 Å². The number of nitrogens with zero attached hydrogens (tertiary/aromatic N) is 2. The first-order chi connectivity index (χ1) is 8.22. The van der Waals surface area contributed by atoms with Crippen molar-refractivity contribution in [1.29, 1.82) is 0 Å². The molecule has 1 N–H and O–H groups in total. The number of anilines is 1. The van der Waals surface area contributed by atoms with E-state index < -0.39 is 0 Å². The van der Waals surface area contributed by atoms with E-state index in [1.54, 1.807) is 18.3 Å². The molecule has 0 aromatic carbocycles. The lowest BCUT2D eigenvalue weighted by atomic mass is 10.1. The highest BCUT2D eigenvalue weighted by Gasteiger charge is 2.26. The summed E-state index contributed by atoms with van der Waals surface area (Å²) in [5, 5.41) is 6.23. The van der Waals surface area contributed by atoms with Crippen molar-refractivity contribution < 1.29 is 4.79 Å². The molecule has 0 saturated carbocycles. The van der Waals surface area contributed by atoms with Gasteiger partial charge >= 0.3 is 0 Å². The summed E-state index contributed by atoms with van der Waals surface area (Å²) in [4.78, 5) is 18.2. The van der Waals surface area contributed by atoms with E-state index in [0.29, 0.717) is 6.04 Å². The van der Waals surface area contributed by atoms with Crippen molar-refractivity contribution >= 4 is 22.4 Å². The normalized spacial score (nSPS) is 17.1. The number of rotatable bonds is 3. The van der Waals surface area contributed by atoms with Crippen molar-refractivity contribution in [3.05, 3.63) is 11.1 Å². The van der Waals surface area contributed by atoms with Crippen LogP contribution in [-0.2, 0) is 11.2 Å². The lowest BCUT2D eigenvalue weighted by molar-refractivity contribution is -0.117. The summed E-state index contributed by atoms with van der Waals surface area (Å²) in [6.45, 7) is 5.69. The van der Waals surface area contributed by atoms with Gasteiger partial charge in [0.2, 0.25) is 5.91 Å². The third-order valence-electron chi connectivity index (χ3n) is 3.12. The zero-order valence-electron chi connectivity index (χ0n) is 10.4. The molecule has 0 unspecified atom stereocenters. The molecule has 1 aromatic rings. The van der Waals surface area contributed by atoms with Crippen molar-refractivity contribution in [1.82, 2.24) is 10.3 Å². The van der Waals surface area contributed by atoms with E-state index in [2.05, 4.69) is 17.2 Å². The Balaban J connectivity index is 2.18. The van der Waals surface area contributed by atoms with Gasteiger partial charge in [0, 0.05) is 18.3 Å². The molecule has 94 valence electrons. The number of carbonyl (C=O) groups excluding carboxylic acids is 1. The molecule has 1 aliphatic heterocycles. The summed E-state index contributed by atoms with van der Waals surface area (Å²) in [6, 6.07) is 0.310. The van der Waals surface area contributed by atoms with Gasteiger partial charge in [-0.1, -0.05) is 6.92 Å². The van der Waals surface area contributed by atoms with Crippen molar-refractivity contribution in [3.63, 3.8) is 0 Å². The summed E-state index contributed by atoms with van der Waals surface area (Å²) in [7, 11) is 0. The Kier molecular flexibility index (Phi) is 4.12. The Labute approximate surface area is 106 Å². The van der Waals surface area contributed by atoms with Crippen LogP contribution in [0.1, 0.15) is 32.4 Å². The zero-order chi connectivity index (χ0) is 12.3. The number of aryl methyl sites for hydroxylation is 1. The lowest BCUT2D eigenvalue weighted by Gasteiger charge is -2.32. The number of amides is 1. The Hall–Kier alpha value is -0.940. The highest BCUT2D eigenvalue weighted by atomic mass is 32.1. The van der Waals surface area contributed by atoms with Gasteiger partial charge in [-0.05, 0) is 32.4 Å². The second-order valence-corrected chi connectivity index (χ2v) is 5.18. The molecule has 0 spiro atoms. The second kappa shape index (κ2) is 5.60. The van der Waals surface area contributed by atoms with E-state index in [0.717, 1.165) is 43.2 Å².